The zero-order valence-electron chi connectivity index (χ0n) is 9.13. The first-order valence-electron chi connectivity index (χ1n) is 5.34. The Balaban J connectivity index is 2.46. The average Bonchev–Trinajstić information content (AvgIpc) is 2.17. The summed E-state index contributed by atoms with van der Waals surface area (Å²) in [6.07, 6.45) is 2.23. The van der Waals surface area contributed by atoms with Gasteiger partial charge in [0.25, 0.3) is 0 Å². The highest BCUT2D eigenvalue weighted by Gasteiger charge is 2.32. The molecule has 1 heterocycles. The molecule has 0 radical (unpaired) electrons. The van der Waals surface area contributed by atoms with Crippen molar-refractivity contribution in [1.82, 2.24) is 5.32 Å². The Kier molecular flexibility index (Phi) is 2.65. The summed E-state index contributed by atoms with van der Waals surface area (Å²) in [5, 5.41) is 7.29. The molecule has 0 saturated carbocycles. The van der Waals surface area contributed by atoms with Crippen LogP contribution in [0.2, 0.25) is 0 Å². The van der Waals surface area contributed by atoms with Crippen LogP contribution in [0.25, 0.3) is 0 Å². The van der Waals surface area contributed by atoms with Gasteiger partial charge in [-0.2, -0.15) is 0 Å². The molecule has 0 saturated heterocycles. The molecule has 0 aromatic heterocycles. The molecule has 1 aromatic carbocycles. The monoisotopic (exact) mass is 220 g/mol. The molecule has 1 atom stereocenters. The number of fused-ring (bicyclic) bond motifs is 1. The molecule has 80 valence electrons. The van der Waals surface area contributed by atoms with Crippen molar-refractivity contribution in [2.45, 2.75) is 32.2 Å². The summed E-state index contributed by atoms with van der Waals surface area (Å²) in [7, 11) is 0. The highest BCUT2D eigenvalue weighted by molar-refractivity contribution is 7.80. The zero-order chi connectivity index (χ0) is 10.9. The van der Waals surface area contributed by atoms with Gasteiger partial charge in [-0.1, -0.05) is 31.5 Å². The minimum Gasteiger partial charge on any atom is -0.353 e. The number of thiocarbonyl (C=S) groups is 1. The highest BCUT2D eigenvalue weighted by Crippen LogP contribution is 2.34. The van der Waals surface area contributed by atoms with Crippen molar-refractivity contribution in [2.24, 2.45) is 0 Å². The van der Waals surface area contributed by atoms with Crippen molar-refractivity contribution in [1.29, 1.82) is 0 Å². The maximum Gasteiger partial charge on any atom is 0.171 e. The van der Waals surface area contributed by atoms with Crippen LogP contribution in [0.4, 0.5) is 5.69 Å². The molecule has 1 aliphatic heterocycles. The van der Waals surface area contributed by atoms with E-state index in [0.717, 1.165) is 23.6 Å². The summed E-state index contributed by atoms with van der Waals surface area (Å²) in [5.74, 6) is 0. The van der Waals surface area contributed by atoms with Crippen LogP contribution in [0.1, 0.15) is 32.3 Å². The summed E-state index contributed by atoms with van der Waals surface area (Å²) >= 11 is 5.22. The third kappa shape index (κ3) is 1.84. The first kappa shape index (κ1) is 10.4. The lowest BCUT2D eigenvalue weighted by atomic mass is 9.85. The van der Waals surface area contributed by atoms with Gasteiger partial charge in [0.2, 0.25) is 0 Å². The Morgan fingerprint density at radius 1 is 1.33 bits per heavy atom. The molecule has 2 N–H and O–H groups in total. The van der Waals surface area contributed by atoms with Gasteiger partial charge in [-0.15, -0.1) is 0 Å². The number of nitrogens with one attached hydrogen (secondary N) is 2. The predicted molar refractivity (Wildman–Crippen MR) is 68.1 cm³/mol. The van der Waals surface area contributed by atoms with Gasteiger partial charge in [0.1, 0.15) is 0 Å². The molecule has 0 bridgehead atoms. The van der Waals surface area contributed by atoms with E-state index in [1.807, 2.05) is 6.07 Å². The van der Waals surface area contributed by atoms with Crippen molar-refractivity contribution in [3.8, 4) is 0 Å². The van der Waals surface area contributed by atoms with Gasteiger partial charge in [0, 0.05) is 11.3 Å². The minimum atomic E-state index is -0.0202. The number of para-hydroxylation sites is 1. The van der Waals surface area contributed by atoms with Crippen LogP contribution >= 0.6 is 12.2 Å². The molecule has 2 rings (SSSR count). The van der Waals surface area contributed by atoms with E-state index in [0.29, 0.717) is 0 Å². The second-order valence-electron chi connectivity index (χ2n) is 4.21. The van der Waals surface area contributed by atoms with Crippen molar-refractivity contribution in [3.05, 3.63) is 29.8 Å². The van der Waals surface area contributed by atoms with Gasteiger partial charge in [-0.3, -0.25) is 0 Å². The molecular weight excluding hydrogens is 204 g/mol. The number of hydrogen-bond donors (Lipinski definition) is 2. The summed E-state index contributed by atoms with van der Waals surface area (Å²) in [5.41, 5.74) is 2.42. The Morgan fingerprint density at radius 3 is 2.80 bits per heavy atom. The molecule has 3 heteroatoms. The third-order valence-corrected chi connectivity index (χ3v) is 3.11. The quantitative estimate of drug-likeness (QED) is 0.749. The number of rotatable bonds is 2. The fourth-order valence-electron chi connectivity index (χ4n) is 2.24. The SMILES string of the molecule is CCC[C@@]1(C)NC(=S)Nc2ccccc21. The fraction of sp³-hybridized carbons (Fsp3) is 0.417. The van der Waals surface area contributed by atoms with Gasteiger partial charge in [0.15, 0.2) is 5.11 Å². The zero-order valence-corrected chi connectivity index (χ0v) is 9.95. The second kappa shape index (κ2) is 3.81. The molecule has 0 fully saturated rings. The first-order chi connectivity index (χ1) is 7.15. The van der Waals surface area contributed by atoms with Gasteiger partial charge < -0.3 is 10.6 Å². The molecule has 15 heavy (non-hydrogen) atoms. The topological polar surface area (TPSA) is 24.1 Å². The Hall–Kier alpha value is -1.09. The lowest BCUT2D eigenvalue weighted by Crippen LogP contribution is -2.49. The lowest BCUT2D eigenvalue weighted by Gasteiger charge is -2.38. The lowest BCUT2D eigenvalue weighted by molar-refractivity contribution is 0.395. The maximum absolute atomic E-state index is 5.22. The van der Waals surface area contributed by atoms with E-state index in [1.54, 1.807) is 0 Å². The molecule has 0 spiro atoms. The van der Waals surface area contributed by atoms with Crippen molar-refractivity contribution in [2.75, 3.05) is 5.32 Å². The first-order valence-corrected chi connectivity index (χ1v) is 5.75. The van der Waals surface area contributed by atoms with E-state index >= 15 is 0 Å². The molecule has 0 amide bonds. The van der Waals surface area contributed by atoms with E-state index in [9.17, 15) is 0 Å². The average molecular weight is 220 g/mol. The van der Waals surface area contributed by atoms with Crippen LogP contribution in [0.5, 0.6) is 0 Å². The number of anilines is 1. The van der Waals surface area contributed by atoms with Crippen LogP contribution in [0, 0.1) is 0 Å². The Bertz CT molecular complexity index is 389. The van der Waals surface area contributed by atoms with Gasteiger partial charge in [-0.25, -0.2) is 0 Å². The smallest absolute Gasteiger partial charge is 0.171 e. The van der Waals surface area contributed by atoms with Gasteiger partial charge >= 0.3 is 0 Å². The molecule has 0 aliphatic carbocycles. The molecule has 2 nitrogen and oxygen atoms in total. The summed E-state index contributed by atoms with van der Waals surface area (Å²) in [4.78, 5) is 0. The third-order valence-electron chi connectivity index (χ3n) is 2.91. The Morgan fingerprint density at radius 2 is 2.07 bits per heavy atom. The standard InChI is InChI=1S/C12H16N2S/c1-3-8-12(2)9-6-4-5-7-10(9)13-11(15)14-12/h4-7H,3,8H2,1-2H3,(H2,13,14,15)/t12-/m1/s1. The normalized spacial score (nSPS) is 24.0. The van der Waals surface area contributed by atoms with E-state index in [2.05, 4.69) is 42.7 Å². The van der Waals surface area contributed by atoms with Crippen LogP contribution < -0.4 is 10.6 Å². The van der Waals surface area contributed by atoms with Crippen molar-refractivity contribution < 1.29 is 0 Å². The minimum absolute atomic E-state index is 0.0202. The van der Waals surface area contributed by atoms with Crippen LogP contribution in [-0.4, -0.2) is 5.11 Å². The predicted octanol–water partition coefficient (Wildman–Crippen LogP) is 3.00. The van der Waals surface area contributed by atoms with E-state index in [-0.39, 0.29) is 5.54 Å². The van der Waals surface area contributed by atoms with Gasteiger partial charge in [0.05, 0.1) is 5.54 Å². The van der Waals surface area contributed by atoms with E-state index in [4.69, 9.17) is 12.2 Å². The van der Waals surface area contributed by atoms with Crippen LogP contribution in [0.3, 0.4) is 0 Å². The summed E-state index contributed by atoms with van der Waals surface area (Å²) < 4.78 is 0. The van der Waals surface area contributed by atoms with Crippen molar-refractivity contribution >= 4 is 23.0 Å². The maximum atomic E-state index is 5.22. The second-order valence-corrected chi connectivity index (χ2v) is 4.62. The summed E-state index contributed by atoms with van der Waals surface area (Å²) in [6.45, 7) is 4.41. The largest absolute Gasteiger partial charge is 0.353 e. The fourth-order valence-corrected chi connectivity index (χ4v) is 2.58. The highest BCUT2D eigenvalue weighted by atomic mass is 32.1. The summed E-state index contributed by atoms with van der Waals surface area (Å²) in [6, 6.07) is 8.35. The van der Waals surface area contributed by atoms with E-state index < -0.39 is 0 Å². The molecular formula is C12H16N2S. The number of benzene rings is 1. The van der Waals surface area contributed by atoms with E-state index in [1.165, 1.54) is 5.56 Å². The van der Waals surface area contributed by atoms with Gasteiger partial charge in [-0.05, 0) is 31.6 Å². The molecule has 0 unspecified atom stereocenters. The van der Waals surface area contributed by atoms with Crippen molar-refractivity contribution in [3.63, 3.8) is 0 Å². The van der Waals surface area contributed by atoms with Crippen LogP contribution in [-0.2, 0) is 5.54 Å². The van der Waals surface area contributed by atoms with Crippen LogP contribution in [0.15, 0.2) is 24.3 Å². The molecule has 1 aromatic rings. The Labute approximate surface area is 96.1 Å². The molecule has 1 aliphatic rings. The number of hydrogen-bond acceptors (Lipinski definition) is 1.